The molecule has 1 amide bonds. The van der Waals surface area contributed by atoms with E-state index in [4.69, 9.17) is 14.2 Å². The van der Waals surface area contributed by atoms with Gasteiger partial charge in [0.2, 0.25) is 6.79 Å². The second-order valence-corrected chi connectivity index (χ2v) is 12.5. The van der Waals surface area contributed by atoms with Gasteiger partial charge < -0.3 is 19.3 Å². The van der Waals surface area contributed by atoms with Crippen molar-refractivity contribution in [1.82, 2.24) is 0 Å². The van der Waals surface area contributed by atoms with Crippen LogP contribution in [-0.4, -0.2) is 30.2 Å². The molecule has 1 saturated heterocycles. The van der Waals surface area contributed by atoms with E-state index < -0.39 is 17.7 Å². The number of carbonyl (C=O) groups excluding carboxylic acids is 2. The molecule has 1 atom stereocenters. The van der Waals surface area contributed by atoms with Crippen molar-refractivity contribution in [2.75, 3.05) is 18.3 Å². The van der Waals surface area contributed by atoms with Crippen molar-refractivity contribution in [3.63, 3.8) is 0 Å². The van der Waals surface area contributed by atoms with Crippen LogP contribution in [0.15, 0.2) is 66.2 Å². The number of nitrogens with zero attached hydrogens (tertiary/aromatic N) is 1. The largest absolute Gasteiger partial charge is 0.507 e. The van der Waals surface area contributed by atoms with Gasteiger partial charge in [-0.25, -0.2) is 0 Å². The van der Waals surface area contributed by atoms with E-state index in [-0.39, 0.29) is 29.0 Å². The molecule has 1 unspecified atom stereocenters. The van der Waals surface area contributed by atoms with Crippen LogP contribution in [-0.2, 0) is 20.4 Å². The summed E-state index contributed by atoms with van der Waals surface area (Å²) in [5.74, 6) is 0.0679. The fourth-order valence-corrected chi connectivity index (χ4v) is 5.31. The van der Waals surface area contributed by atoms with Crippen molar-refractivity contribution in [3.05, 3.63) is 88.5 Å². The van der Waals surface area contributed by atoms with E-state index >= 15 is 0 Å². The lowest BCUT2D eigenvalue weighted by atomic mass is 9.84. The van der Waals surface area contributed by atoms with E-state index in [9.17, 15) is 14.7 Å². The van der Waals surface area contributed by atoms with E-state index in [1.807, 2.05) is 37.3 Å². The summed E-state index contributed by atoms with van der Waals surface area (Å²) in [5, 5.41) is 11.7. The van der Waals surface area contributed by atoms with Crippen LogP contribution < -0.4 is 19.1 Å². The number of amides is 1. The van der Waals surface area contributed by atoms with Crippen molar-refractivity contribution < 1.29 is 28.9 Å². The third-order valence-corrected chi connectivity index (χ3v) is 7.53. The quantitative estimate of drug-likeness (QED) is 0.207. The molecule has 0 aromatic heterocycles. The number of rotatable bonds is 5. The fraction of sp³-hybridized carbons (Fsp3) is 0.353. The first-order valence-corrected chi connectivity index (χ1v) is 13.9. The number of benzene rings is 3. The summed E-state index contributed by atoms with van der Waals surface area (Å²) in [5.41, 5.74) is 3.28. The van der Waals surface area contributed by atoms with Gasteiger partial charge in [-0.15, -0.1) is 0 Å². The predicted octanol–water partition coefficient (Wildman–Crippen LogP) is 7.04. The highest BCUT2D eigenvalue weighted by Crippen LogP contribution is 2.45. The van der Waals surface area contributed by atoms with Gasteiger partial charge in [-0.2, -0.15) is 0 Å². The van der Waals surface area contributed by atoms with Crippen LogP contribution in [0.2, 0.25) is 0 Å². The van der Waals surface area contributed by atoms with Crippen molar-refractivity contribution in [3.8, 4) is 17.2 Å². The number of fused-ring (bicyclic) bond motifs is 1. The molecule has 1 fully saturated rings. The second kappa shape index (κ2) is 10.3. The minimum absolute atomic E-state index is 0.0280. The number of Topliss-reactive ketones (excluding diaryl/α,β-unsaturated/α-hetero) is 1. The van der Waals surface area contributed by atoms with E-state index in [2.05, 4.69) is 41.5 Å². The molecule has 0 bridgehead atoms. The Kier molecular flexibility index (Phi) is 7.10. The Bertz CT molecular complexity index is 1540. The lowest BCUT2D eigenvalue weighted by Crippen LogP contribution is -2.29. The van der Waals surface area contributed by atoms with Crippen LogP contribution in [0, 0.1) is 0 Å². The van der Waals surface area contributed by atoms with Crippen molar-refractivity contribution in [2.45, 2.75) is 65.3 Å². The maximum Gasteiger partial charge on any atom is 0.300 e. The molecular weight excluding hydrogens is 518 g/mol. The van der Waals surface area contributed by atoms with Gasteiger partial charge in [-0.3, -0.25) is 14.5 Å². The molecule has 0 radical (unpaired) electrons. The summed E-state index contributed by atoms with van der Waals surface area (Å²) in [6.45, 7) is 15.1. The Balaban J connectivity index is 1.70. The fourth-order valence-electron chi connectivity index (χ4n) is 5.31. The smallest absolute Gasteiger partial charge is 0.300 e. The molecule has 41 heavy (non-hydrogen) atoms. The molecule has 3 aromatic carbocycles. The zero-order valence-corrected chi connectivity index (χ0v) is 24.7. The Hall–Kier alpha value is -4.26. The van der Waals surface area contributed by atoms with E-state index in [1.165, 1.54) is 4.90 Å². The normalized spacial score (nSPS) is 18.2. The van der Waals surface area contributed by atoms with Crippen molar-refractivity contribution in [1.29, 1.82) is 0 Å². The summed E-state index contributed by atoms with van der Waals surface area (Å²) in [7, 11) is 0. The number of ether oxygens (including phenoxy) is 3. The minimum atomic E-state index is -0.853. The Morgan fingerprint density at radius 2 is 1.59 bits per heavy atom. The molecule has 1 N–H and O–H groups in total. The minimum Gasteiger partial charge on any atom is -0.507 e. The van der Waals surface area contributed by atoms with Gasteiger partial charge in [-0.05, 0) is 59.2 Å². The third-order valence-electron chi connectivity index (χ3n) is 7.53. The lowest BCUT2D eigenvalue weighted by Gasteiger charge is -2.27. The van der Waals surface area contributed by atoms with E-state index in [0.717, 1.165) is 11.1 Å². The Morgan fingerprint density at radius 3 is 2.22 bits per heavy atom. The molecule has 0 saturated carbocycles. The molecular formula is C34H37NO6. The number of hydrogen-bond acceptors (Lipinski definition) is 6. The van der Waals surface area contributed by atoms with Gasteiger partial charge in [0, 0.05) is 22.9 Å². The maximum atomic E-state index is 13.7. The molecule has 3 aromatic rings. The Labute approximate surface area is 241 Å². The third kappa shape index (κ3) is 5.17. The molecule has 5 rings (SSSR count). The van der Waals surface area contributed by atoms with Crippen molar-refractivity contribution in [2.24, 2.45) is 0 Å². The molecule has 2 heterocycles. The number of anilines is 1. The summed E-state index contributed by atoms with van der Waals surface area (Å²) < 4.78 is 16.9. The van der Waals surface area contributed by atoms with Crippen LogP contribution >= 0.6 is 0 Å². The monoisotopic (exact) mass is 555 g/mol. The molecule has 2 aliphatic heterocycles. The van der Waals surface area contributed by atoms with Gasteiger partial charge in [-0.1, -0.05) is 65.8 Å². The number of hydrogen-bond donors (Lipinski definition) is 1. The van der Waals surface area contributed by atoms with Crippen LogP contribution in [0.4, 0.5) is 5.69 Å². The van der Waals surface area contributed by atoms with Crippen LogP contribution in [0.3, 0.4) is 0 Å². The number of ketones is 1. The van der Waals surface area contributed by atoms with Gasteiger partial charge in [0.1, 0.15) is 11.5 Å². The summed E-state index contributed by atoms with van der Waals surface area (Å²) in [6.07, 6.45) is 0. The highest BCUT2D eigenvalue weighted by atomic mass is 16.7. The van der Waals surface area contributed by atoms with Gasteiger partial charge >= 0.3 is 0 Å². The van der Waals surface area contributed by atoms with Gasteiger partial charge in [0.05, 0.1) is 18.2 Å². The standard InChI is InChI=1S/C34H37NO6/c1-8-39-25-15-11-21(17-24(25)34(5,6)7)30(36)28-29(20-9-12-22(13-10-20)33(2,3)4)35(32(38)31(28)37)23-14-16-26-27(18-23)41-19-40-26/h9-18,29,36H,8,19H2,1-7H3/b30-28+. The number of aliphatic hydroxyl groups excluding tert-OH is 1. The summed E-state index contributed by atoms with van der Waals surface area (Å²) in [6, 6.07) is 17.5. The predicted molar refractivity (Wildman–Crippen MR) is 159 cm³/mol. The number of aliphatic hydroxyl groups is 1. The molecule has 7 heteroatoms. The average Bonchev–Trinajstić information content (AvgIpc) is 3.49. The molecule has 214 valence electrons. The molecule has 0 aliphatic carbocycles. The second-order valence-electron chi connectivity index (χ2n) is 12.5. The Morgan fingerprint density at radius 1 is 0.902 bits per heavy atom. The van der Waals surface area contributed by atoms with Crippen LogP contribution in [0.25, 0.3) is 5.76 Å². The molecule has 7 nitrogen and oxygen atoms in total. The molecule has 2 aliphatic rings. The topological polar surface area (TPSA) is 85.3 Å². The lowest BCUT2D eigenvalue weighted by molar-refractivity contribution is -0.132. The SMILES string of the molecule is CCOc1ccc(/C(O)=C2\C(=O)C(=O)N(c3ccc4c(c3)OCO4)C2c2ccc(C(C)(C)C)cc2)cc1C(C)(C)C. The van der Waals surface area contributed by atoms with Crippen LogP contribution in [0.5, 0.6) is 17.2 Å². The van der Waals surface area contributed by atoms with Crippen LogP contribution in [0.1, 0.15) is 76.8 Å². The molecule has 0 spiro atoms. The van der Waals surface area contributed by atoms with Gasteiger partial charge in [0.15, 0.2) is 11.5 Å². The first-order valence-electron chi connectivity index (χ1n) is 13.9. The summed E-state index contributed by atoms with van der Waals surface area (Å²) in [4.78, 5) is 28.8. The van der Waals surface area contributed by atoms with Crippen molar-refractivity contribution >= 4 is 23.1 Å². The maximum absolute atomic E-state index is 13.7. The zero-order chi connectivity index (χ0) is 29.7. The first kappa shape index (κ1) is 28.3. The zero-order valence-electron chi connectivity index (χ0n) is 24.7. The number of carbonyl (C=O) groups is 2. The van der Waals surface area contributed by atoms with Gasteiger partial charge in [0.25, 0.3) is 11.7 Å². The first-order chi connectivity index (χ1) is 19.3. The highest BCUT2D eigenvalue weighted by Gasteiger charge is 2.47. The summed E-state index contributed by atoms with van der Waals surface area (Å²) >= 11 is 0. The highest BCUT2D eigenvalue weighted by molar-refractivity contribution is 6.51. The average molecular weight is 556 g/mol. The van der Waals surface area contributed by atoms with E-state index in [1.54, 1.807) is 30.3 Å². The van der Waals surface area contributed by atoms with E-state index in [0.29, 0.717) is 40.7 Å².